The first-order chi connectivity index (χ1) is 12.4. The molecule has 0 aliphatic heterocycles. The summed E-state index contributed by atoms with van der Waals surface area (Å²) in [5.41, 5.74) is 2.44. The Bertz CT molecular complexity index is 986. The van der Waals surface area contributed by atoms with Gasteiger partial charge in [0.2, 0.25) is 10.0 Å². The van der Waals surface area contributed by atoms with Gasteiger partial charge in [-0.3, -0.25) is 0 Å². The van der Waals surface area contributed by atoms with E-state index >= 15 is 0 Å². The molecule has 3 rings (SSSR count). The van der Waals surface area contributed by atoms with Crippen LogP contribution in [0.5, 0.6) is 0 Å². The minimum Gasteiger partial charge on any atom is -0.468 e. The van der Waals surface area contributed by atoms with Crippen molar-refractivity contribution >= 4 is 15.7 Å². The molecule has 0 aliphatic rings. The highest BCUT2D eigenvalue weighted by atomic mass is 32.2. The lowest BCUT2D eigenvalue weighted by Crippen LogP contribution is -2.23. The predicted molar refractivity (Wildman–Crippen MR) is 97.6 cm³/mol. The molecule has 1 aromatic heterocycles. The summed E-state index contributed by atoms with van der Waals surface area (Å²) in [6.45, 7) is 2.39. The zero-order valence-electron chi connectivity index (χ0n) is 14.2. The molecule has 1 heterocycles. The van der Waals surface area contributed by atoms with Crippen LogP contribution in [0.4, 0.5) is 10.1 Å². The van der Waals surface area contributed by atoms with Crippen molar-refractivity contribution < 1.29 is 17.2 Å². The third-order valence-electron chi connectivity index (χ3n) is 3.95. The number of rotatable bonds is 7. The minimum absolute atomic E-state index is 0.0851. The molecule has 0 saturated heterocycles. The van der Waals surface area contributed by atoms with Crippen molar-refractivity contribution in [1.82, 2.24) is 4.72 Å². The molecule has 0 bridgehead atoms. The molecule has 0 saturated carbocycles. The molecule has 2 N–H and O–H groups in total. The molecule has 26 heavy (non-hydrogen) atoms. The highest BCUT2D eigenvalue weighted by molar-refractivity contribution is 7.89. The Labute approximate surface area is 151 Å². The summed E-state index contributed by atoms with van der Waals surface area (Å²) in [7, 11) is -3.66. The van der Waals surface area contributed by atoms with Crippen LogP contribution in [0.1, 0.15) is 16.9 Å². The largest absolute Gasteiger partial charge is 0.468 e. The topological polar surface area (TPSA) is 71.3 Å². The van der Waals surface area contributed by atoms with E-state index in [1.807, 2.05) is 6.92 Å². The van der Waals surface area contributed by atoms with Crippen LogP contribution in [0.25, 0.3) is 0 Å². The summed E-state index contributed by atoms with van der Waals surface area (Å²) in [4.78, 5) is 0.157. The van der Waals surface area contributed by atoms with Crippen LogP contribution < -0.4 is 10.0 Å². The normalized spacial score (nSPS) is 11.5. The highest BCUT2D eigenvalue weighted by Crippen LogP contribution is 2.18. The average Bonchev–Trinajstić information content (AvgIpc) is 3.13. The maximum Gasteiger partial charge on any atom is 0.241 e. The lowest BCUT2D eigenvalue weighted by molar-refractivity contribution is 0.498. The Balaban J connectivity index is 1.69. The molecule has 0 radical (unpaired) electrons. The third kappa shape index (κ3) is 4.50. The summed E-state index contributed by atoms with van der Waals surface area (Å²) in [6.07, 6.45) is 1.49. The van der Waals surface area contributed by atoms with Crippen molar-refractivity contribution in [1.29, 1.82) is 0 Å². The molecule has 0 amide bonds. The zero-order chi connectivity index (χ0) is 18.6. The second-order valence-corrected chi connectivity index (χ2v) is 7.62. The van der Waals surface area contributed by atoms with Gasteiger partial charge < -0.3 is 9.73 Å². The Kier molecular flexibility index (Phi) is 5.39. The first-order valence-corrected chi connectivity index (χ1v) is 9.53. The summed E-state index contributed by atoms with van der Waals surface area (Å²) >= 11 is 0. The van der Waals surface area contributed by atoms with Crippen molar-refractivity contribution in [2.75, 3.05) is 5.32 Å². The van der Waals surface area contributed by atoms with Gasteiger partial charge in [0.1, 0.15) is 11.6 Å². The average molecular weight is 374 g/mol. The number of halogens is 1. The van der Waals surface area contributed by atoms with E-state index in [9.17, 15) is 12.8 Å². The number of hydrogen-bond donors (Lipinski definition) is 2. The Morgan fingerprint density at radius 2 is 1.88 bits per heavy atom. The van der Waals surface area contributed by atoms with Crippen molar-refractivity contribution in [3.8, 4) is 0 Å². The van der Waals surface area contributed by atoms with E-state index in [0.29, 0.717) is 18.0 Å². The predicted octanol–water partition coefficient (Wildman–Crippen LogP) is 3.82. The fourth-order valence-corrected chi connectivity index (χ4v) is 3.53. The van der Waals surface area contributed by atoms with E-state index in [1.165, 1.54) is 24.5 Å². The number of benzene rings is 2. The third-order valence-corrected chi connectivity index (χ3v) is 5.35. The fourth-order valence-electron chi connectivity index (χ4n) is 2.49. The minimum atomic E-state index is -3.66. The Hall–Kier alpha value is -2.64. The molecular formula is C19H19FN2O3S. The fraction of sp³-hybridized carbons (Fsp3) is 0.158. The quantitative estimate of drug-likeness (QED) is 0.660. The van der Waals surface area contributed by atoms with Crippen LogP contribution in [0.3, 0.4) is 0 Å². The van der Waals surface area contributed by atoms with Gasteiger partial charge >= 0.3 is 0 Å². The molecule has 0 unspecified atom stereocenters. The second kappa shape index (κ2) is 7.72. The van der Waals surface area contributed by atoms with Gasteiger partial charge in [-0.1, -0.05) is 12.1 Å². The number of hydrogen-bond acceptors (Lipinski definition) is 4. The highest BCUT2D eigenvalue weighted by Gasteiger charge is 2.15. The van der Waals surface area contributed by atoms with Gasteiger partial charge in [-0.25, -0.2) is 17.5 Å². The van der Waals surface area contributed by atoms with Crippen LogP contribution in [0.15, 0.2) is 70.2 Å². The molecule has 3 aromatic rings. The maximum absolute atomic E-state index is 13.2. The SMILES string of the molecule is Cc1cc(F)ccc1CNc1cccc(S(=O)(=O)NCc2ccco2)c1. The van der Waals surface area contributed by atoms with E-state index in [2.05, 4.69) is 10.0 Å². The lowest BCUT2D eigenvalue weighted by atomic mass is 10.1. The van der Waals surface area contributed by atoms with Gasteiger partial charge in [-0.15, -0.1) is 0 Å². The maximum atomic E-state index is 13.2. The summed E-state index contributed by atoms with van der Waals surface area (Å²) in [5, 5.41) is 3.17. The first-order valence-electron chi connectivity index (χ1n) is 8.05. The molecule has 0 spiro atoms. The number of aryl methyl sites for hydroxylation is 1. The van der Waals surface area contributed by atoms with Crippen molar-refractivity contribution in [3.63, 3.8) is 0 Å². The van der Waals surface area contributed by atoms with Crippen LogP contribution in [0, 0.1) is 12.7 Å². The van der Waals surface area contributed by atoms with Crippen LogP contribution in [-0.4, -0.2) is 8.42 Å². The number of furan rings is 1. The molecular weight excluding hydrogens is 355 g/mol. The van der Waals surface area contributed by atoms with Gasteiger partial charge in [0.25, 0.3) is 0 Å². The summed E-state index contributed by atoms with van der Waals surface area (Å²) in [6, 6.07) is 14.5. The molecule has 0 atom stereocenters. The Morgan fingerprint density at radius 1 is 1.04 bits per heavy atom. The molecule has 5 nitrogen and oxygen atoms in total. The van der Waals surface area contributed by atoms with E-state index in [1.54, 1.807) is 36.4 Å². The zero-order valence-corrected chi connectivity index (χ0v) is 15.0. The number of nitrogens with one attached hydrogen (secondary N) is 2. The summed E-state index contributed by atoms with van der Waals surface area (Å²) < 4.78 is 45.6. The van der Waals surface area contributed by atoms with E-state index in [0.717, 1.165) is 11.1 Å². The molecule has 2 aromatic carbocycles. The van der Waals surface area contributed by atoms with Crippen molar-refractivity contribution in [3.05, 3.63) is 83.6 Å². The lowest BCUT2D eigenvalue weighted by Gasteiger charge is -2.11. The van der Waals surface area contributed by atoms with Gasteiger partial charge in [0.15, 0.2) is 0 Å². The second-order valence-electron chi connectivity index (χ2n) is 5.86. The van der Waals surface area contributed by atoms with Crippen molar-refractivity contribution in [2.45, 2.75) is 24.9 Å². The standard InChI is InChI=1S/C19H19FN2O3S/c1-14-10-16(20)8-7-15(14)12-21-17-4-2-6-19(11-17)26(23,24)22-13-18-5-3-9-25-18/h2-11,21-22H,12-13H2,1H3. The number of anilines is 1. The molecule has 0 fully saturated rings. The Morgan fingerprint density at radius 3 is 2.62 bits per heavy atom. The molecule has 136 valence electrons. The van der Waals surface area contributed by atoms with E-state index < -0.39 is 10.0 Å². The van der Waals surface area contributed by atoms with E-state index in [4.69, 9.17) is 4.42 Å². The van der Waals surface area contributed by atoms with E-state index in [-0.39, 0.29) is 17.3 Å². The summed E-state index contributed by atoms with van der Waals surface area (Å²) in [5.74, 6) is 0.261. The molecule has 0 aliphatic carbocycles. The monoisotopic (exact) mass is 374 g/mol. The van der Waals surface area contributed by atoms with Gasteiger partial charge in [0.05, 0.1) is 17.7 Å². The van der Waals surface area contributed by atoms with Gasteiger partial charge in [-0.05, 0) is 60.5 Å². The van der Waals surface area contributed by atoms with Crippen molar-refractivity contribution in [2.24, 2.45) is 0 Å². The van der Waals surface area contributed by atoms with Crippen LogP contribution in [-0.2, 0) is 23.1 Å². The van der Waals surface area contributed by atoms with Gasteiger partial charge in [0, 0.05) is 12.2 Å². The smallest absolute Gasteiger partial charge is 0.241 e. The van der Waals surface area contributed by atoms with Crippen LogP contribution >= 0.6 is 0 Å². The molecule has 7 heteroatoms. The van der Waals surface area contributed by atoms with Gasteiger partial charge in [-0.2, -0.15) is 0 Å². The first kappa shape index (κ1) is 18.2. The number of sulfonamides is 1. The van der Waals surface area contributed by atoms with Crippen LogP contribution in [0.2, 0.25) is 0 Å².